The summed E-state index contributed by atoms with van der Waals surface area (Å²) in [6.07, 6.45) is 7.43. The van der Waals surface area contributed by atoms with Gasteiger partial charge in [0.1, 0.15) is 5.82 Å². The first-order valence-electron chi connectivity index (χ1n) is 8.68. The van der Waals surface area contributed by atoms with E-state index < -0.39 is 10.0 Å². The highest BCUT2D eigenvalue weighted by Gasteiger charge is 2.28. The SMILES string of the molecule is Cc1cnc(C2CC2)n1CCNS(=O)(=O)c1ccc2c(c1)CCC2. The average molecular weight is 345 g/mol. The van der Waals surface area contributed by atoms with Crippen LogP contribution in [-0.4, -0.2) is 24.5 Å². The number of nitrogens with zero attached hydrogens (tertiary/aromatic N) is 2. The molecule has 6 heteroatoms. The van der Waals surface area contributed by atoms with Gasteiger partial charge in [-0.2, -0.15) is 0 Å². The Labute approximate surface area is 143 Å². The Bertz CT molecular complexity index is 866. The minimum absolute atomic E-state index is 0.382. The van der Waals surface area contributed by atoms with Crippen molar-refractivity contribution in [2.24, 2.45) is 0 Å². The summed E-state index contributed by atoms with van der Waals surface area (Å²) in [5.41, 5.74) is 3.56. The Morgan fingerprint density at radius 3 is 2.83 bits per heavy atom. The summed E-state index contributed by atoms with van der Waals surface area (Å²) >= 11 is 0. The molecule has 128 valence electrons. The van der Waals surface area contributed by atoms with Crippen LogP contribution in [0.5, 0.6) is 0 Å². The molecule has 0 aliphatic heterocycles. The fourth-order valence-corrected chi connectivity index (χ4v) is 4.60. The highest BCUT2D eigenvalue weighted by molar-refractivity contribution is 7.89. The molecule has 0 radical (unpaired) electrons. The lowest BCUT2D eigenvalue weighted by Crippen LogP contribution is -2.28. The van der Waals surface area contributed by atoms with E-state index in [1.54, 1.807) is 6.07 Å². The van der Waals surface area contributed by atoms with Crippen molar-refractivity contribution in [1.29, 1.82) is 0 Å². The summed E-state index contributed by atoms with van der Waals surface area (Å²) in [5, 5.41) is 0. The largest absolute Gasteiger partial charge is 0.331 e. The topological polar surface area (TPSA) is 64.0 Å². The molecular weight excluding hydrogens is 322 g/mol. The van der Waals surface area contributed by atoms with Crippen LogP contribution in [0.4, 0.5) is 0 Å². The number of rotatable bonds is 6. The maximum Gasteiger partial charge on any atom is 0.240 e. The first-order valence-corrected chi connectivity index (χ1v) is 10.2. The lowest BCUT2D eigenvalue weighted by atomic mass is 10.1. The lowest BCUT2D eigenvalue weighted by molar-refractivity contribution is 0.566. The number of hydrogen-bond donors (Lipinski definition) is 1. The van der Waals surface area contributed by atoms with Crippen molar-refractivity contribution in [3.63, 3.8) is 0 Å². The number of benzene rings is 1. The van der Waals surface area contributed by atoms with Crippen LogP contribution < -0.4 is 4.72 Å². The number of nitrogens with one attached hydrogen (secondary N) is 1. The van der Waals surface area contributed by atoms with Crippen LogP contribution in [0, 0.1) is 6.92 Å². The molecule has 0 unspecified atom stereocenters. The van der Waals surface area contributed by atoms with Gasteiger partial charge in [0.05, 0.1) is 4.90 Å². The third-order valence-corrected chi connectivity index (χ3v) is 6.49. The van der Waals surface area contributed by atoms with Gasteiger partial charge in [-0.3, -0.25) is 0 Å². The maximum atomic E-state index is 12.5. The summed E-state index contributed by atoms with van der Waals surface area (Å²) < 4.78 is 30.0. The van der Waals surface area contributed by atoms with Crippen LogP contribution in [0.25, 0.3) is 0 Å². The molecule has 0 saturated heterocycles. The molecule has 5 nitrogen and oxygen atoms in total. The zero-order valence-corrected chi connectivity index (χ0v) is 14.8. The zero-order chi connectivity index (χ0) is 16.7. The van der Waals surface area contributed by atoms with Crippen LogP contribution in [-0.2, 0) is 29.4 Å². The van der Waals surface area contributed by atoms with Crippen molar-refractivity contribution in [3.8, 4) is 0 Å². The summed E-state index contributed by atoms with van der Waals surface area (Å²) in [5.74, 6) is 1.66. The molecule has 1 saturated carbocycles. The monoisotopic (exact) mass is 345 g/mol. The van der Waals surface area contributed by atoms with Crippen LogP contribution in [0.2, 0.25) is 0 Å². The summed E-state index contributed by atoms with van der Waals surface area (Å²) in [6.45, 7) is 3.03. The Morgan fingerprint density at radius 1 is 1.25 bits per heavy atom. The number of hydrogen-bond acceptors (Lipinski definition) is 3. The van der Waals surface area contributed by atoms with Crippen LogP contribution >= 0.6 is 0 Å². The molecule has 2 aliphatic rings. The van der Waals surface area contributed by atoms with E-state index in [1.807, 2.05) is 25.3 Å². The summed E-state index contributed by atoms with van der Waals surface area (Å²) in [4.78, 5) is 4.86. The predicted molar refractivity (Wildman–Crippen MR) is 92.6 cm³/mol. The van der Waals surface area contributed by atoms with E-state index in [9.17, 15) is 8.42 Å². The maximum absolute atomic E-state index is 12.5. The fraction of sp³-hybridized carbons (Fsp3) is 0.500. The first kappa shape index (κ1) is 15.8. The van der Waals surface area contributed by atoms with Crippen molar-refractivity contribution in [2.75, 3.05) is 6.54 Å². The average Bonchev–Trinajstić information content (AvgIpc) is 3.17. The third-order valence-electron chi connectivity index (χ3n) is 5.04. The Morgan fingerprint density at radius 2 is 2.04 bits per heavy atom. The molecule has 1 fully saturated rings. The van der Waals surface area contributed by atoms with Gasteiger partial charge in [-0.15, -0.1) is 0 Å². The van der Waals surface area contributed by atoms with Gasteiger partial charge in [0.25, 0.3) is 0 Å². The molecule has 1 N–H and O–H groups in total. The molecule has 1 aromatic carbocycles. The van der Waals surface area contributed by atoms with E-state index in [1.165, 1.54) is 24.0 Å². The van der Waals surface area contributed by atoms with E-state index in [-0.39, 0.29) is 0 Å². The molecule has 4 rings (SSSR count). The van der Waals surface area contributed by atoms with E-state index in [0.717, 1.165) is 30.8 Å². The van der Waals surface area contributed by atoms with Gasteiger partial charge >= 0.3 is 0 Å². The molecule has 0 spiro atoms. The smallest absolute Gasteiger partial charge is 0.240 e. The van der Waals surface area contributed by atoms with Crippen molar-refractivity contribution in [2.45, 2.75) is 56.4 Å². The molecular formula is C18H23N3O2S. The second-order valence-corrected chi connectivity index (χ2v) is 8.63. The van der Waals surface area contributed by atoms with Gasteiger partial charge in [-0.05, 0) is 62.3 Å². The van der Waals surface area contributed by atoms with Crippen molar-refractivity contribution < 1.29 is 8.42 Å². The Hall–Kier alpha value is -1.66. The summed E-state index contributed by atoms with van der Waals surface area (Å²) in [6, 6.07) is 5.52. The Kier molecular flexibility index (Phi) is 3.96. The number of aromatic nitrogens is 2. The predicted octanol–water partition coefficient (Wildman–Crippen LogP) is 2.54. The van der Waals surface area contributed by atoms with Crippen LogP contribution in [0.3, 0.4) is 0 Å². The number of fused-ring (bicyclic) bond motifs is 1. The standard InChI is InChI=1S/C18H23N3O2S/c1-13-12-19-18(15-5-6-15)21(13)10-9-20-24(22,23)17-8-7-14-3-2-4-16(14)11-17/h7-8,11-12,15,20H,2-6,9-10H2,1H3. The van der Waals surface area contributed by atoms with Gasteiger partial charge in [0.15, 0.2) is 0 Å². The van der Waals surface area contributed by atoms with Crippen molar-refractivity contribution in [1.82, 2.24) is 14.3 Å². The van der Waals surface area contributed by atoms with E-state index in [2.05, 4.69) is 14.3 Å². The van der Waals surface area contributed by atoms with E-state index >= 15 is 0 Å². The number of aryl methyl sites for hydroxylation is 3. The highest BCUT2D eigenvalue weighted by atomic mass is 32.2. The van der Waals surface area contributed by atoms with Crippen LogP contribution in [0.1, 0.15) is 47.8 Å². The first-order chi connectivity index (χ1) is 11.5. The van der Waals surface area contributed by atoms with Crippen molar-refractivity contribution >= 4 is 10.0 Å². The second kappa shape index (κ2) is 6.01. The minimum atomic E-state index is -3.45. The van der Waals surface area contributed by atoms with Gasteiger partial charge < -0.3 is 4.57 Å². The molecule has 0 bridgehead atoms. The number of sulfonamides is 1. The molecule has 2 aliphatic carbocycles. The third kappa shape index (κ3) is 3.00. The van der Waals surface area contributed by atoms with E-state index in [4.69, 9.17) is 0 Å². The number of imidazole rings is 1. The lowest BCUT2D eigenvalue weighted by Gasteiger charge is -2.12. The zero-order valence-electron chi connectivity index (χ0n) is 14.0. The normalized spacial score (nSPS) is 17.2. The van der Waals surface area contributed by atoms with Gasteiger partial charge in [0, 0.05) is 30.9 Å². The molecule has 0 amide bonds. The van der Waals surface area contributed by atoms with Crippen molar-refractivity contribution in [3.05, 3.63) is 47.0 Å². The fourth-order valence-electron chi connectivity index (χ4n) is 3.53. The molecule has 1 aromatic heterocycles. The molecule has 2 aromatic rings. The van der Waals surface area contributed by atoms with Crippen LogP contribution in [0.15, 0.2) is 29.3 Å². The van der Waals surface area contributed by atoms with E-state index in [0.29, 0.717) is 23.9 Å². The Balaban J connectivity index is 1.44. The molecule has 24 heavy (non-hydrogen) atoms. The molecule has 0 atom stereocenters. The minimum Gasteiger partial charge on any atom is -0.331 e. The van der Waals surface area contributed by atoms with Gasteiger partial charge in [-0.1, -0.05) is 6.07 Å². The molecule has 1 heterocycles. The summed E-state index contributed by atoms with van der Waals surface area (Å²) in [7, 11) is -3.45. The highest BCUT2D eigenvalue weighted by Crippen LogP contribution is 2.39. The quantitative estimate of drug-likeness (QED) is 0.875. The van der Waals surface area contributed by atoms with Gasteiger partial charge in [0.2, 0.25) is 10.0 Å². The van der Waals surface area contributed by atoms with Gasteiger partial charge in [-0.25, -0.2) is 18.1 Å². The second-order valence-electron chi connectivity index (χ2n) is 6.87.